The third kappa shape index (κ3) is 1.70. The Morgan fingerprint density at radius 1 is 1.50 bits per heavy atom. The molecule has 0 aliphatic rings. The first-order valence-electron chi connectivity index (χ1n) is 4.36. The van der Waals surface area contributed by atoms with E-state index in [4.69, 9.17) is 4.52 Å². The maximum Gasteiger partial charge on any atom is 0.311 e. The summed E-state index contributed by atoms with van der Waals surface area (Å²) in [7, 11) is 0. The molecule has 0 saturated heterocycles. The van der Waals surface area contributed by atoms with Crippen LogP contribution in [-0.2, 0) is 0 Å². The second-order valence-electron chi connectivity index (χ2n) is 3.10. The van der Waals surface area contributed by atoms with Crippen LogP contribution in [0.2, 0.25) is 0 Å². The minimum absolute atomic E-state index is 0.251. The van der Waals surface area contributed by atoms with E-state index in [1.807, 2.05) is 0 Å². The van der Waals surface area contributed by atoms with Gasteiger partial charge in [-0.25, -0.2) is 0 Å². The molecule has 82 valence electrons. The first-order valence-corrected chi connectivity index (χ1v) is 4.36. The smallest absolute Gasteiger partial charge is 0.311 e. The summed E-state index contributed by atoms with van der Waals surface area (Å²) in [5.74, 6) is 0.222. The van der Waals surface area contributed by atoms with E-state index in [0.717, 1.165) is 0 Å². The monoisotopic (exact) mass is 221 g/mol. The SMILES string of the molecule is Cc1nc(-c2ccc(O)c([N+](=O)[O-])c2)no1. The van der Waals surface area contributed by atoms with Crippen LogP contribution in [0.4, 0.5) is 5.69 Å². The van der Waals surface area contributed by atoms with Crippen molar-refractivity contribution in [3.8, 4) is 17.1 Å². The van der Waals surface area contributed by atoms with E-state index in [-0.39, 0.29) is 11.5 Å². The third-order valence-corrected chi connectivity index (χ3v) is 1.96. The zero-order chi connectivity index (χ0) is 11.7. The number of aromatic nitrogens is 2. The molecule has 2 rings (SSSR count). The van der Waals surface area contributed by atoms with Gasteiger partial charge < -0.3 is 9.63 Å². The average molecular weight is 221 g/mol. The molecule has 0 aliphatic carbocycles. The minimum atomic E-state index is -0.675. The van der Waals surface area contributed by atoms with Crippen molar-refractivity contribution in [2.45, 2.75) is 6.92 Å². The Morgan fingerprint density at radius 3 is 2.81 bits per heavy atom. The molecule has 7 nitrogen and oxygen atoms in total. The molecule has 0 radical (unpaired) electrons. The lowest BCUT2D eigenvalue weighted by atomic mass is 10.2. The molecule has 1 heterocycles. The molecule has 0 atom stereocenters. The maximum absolute atomic E-state index is 10.6. The van der Waals surface area contributed by atoms with E-state index in [2.05, 4.69) is 10.1 Å². The van der Waals surface area contributed by atoms with Gasteiger partial charge in [-0.1, -0.05) is 5.16 Å². The van der Waals surface area contributed by atoms with E-state index < -0.39 is 10.7 Å². The summed E-state index contributed by atoms with van der Waals surface area (Å²) in [6, 6.07) is 3.89. The standard InChI is InChI=1S/C9H7N3O4/c1-5-10-9(11-16-5)6-2-3-8(13)7(4-6)12(14)15/h2-4,13H,1H3. The number of nitro benzene ring substituents is 1. The number of nitrogens with zero attached hydrogens (tertiary/aromatic N) is 3. The van der Waals surface area contributed by atoms with Crippen molar-refractivity contribution in [2.24, 2.45) is 0 Å². The van der Waals surface area contributed by atoms with Gasteiger partial charge in [0.15, 0.2) is 5.75 Å². The lowest BCUT2D eigenvalue weighted by molar-refractivity contribution is -0.385. The van der Waals surface area contributed by atoms with Crippen molar-refractivity contribution >= 4 is 5.69 Å². The van der Waals surface area contributed by atoms with Crippen molar-refractivity contribution < 1.29 is 14.6 Å². The molecule has 1 aromatic heterocycles. The Morgan fingerprint density at radius 2 is 2.25 bits per heavy atom. The molecule has 0 amide bonds. The van der Waals surface area contributed by atoms with E-state index in [1.165, 1.54) is 18.2 Å². The van der Waals surface area contributed by atoms with Gasteiger partial charge in [-0.05, 0) is 12.1 Å². The predicted octanol–water partition coefficient (Wildman–Crippen LogP) is 1.66. The normalized spacial score (nSPS) is 10.3. The number of aromatic hydroxyl groups is 1. The van der Waals surface area contributed by atoms with Gasteiger partial charge in [0, 0.05) is 18.6 Å². The van der Waals surface area contributed by atoms with Gasteiger partial charge in [0.1, 0.15) is 0 Å². The van der Waals surface area contributed by atoms with Crippen molar-refractivity contribution in [2.75, 3.05) is 0 Å². The van der Waals surface area contributed by atoms with E-state index in [0.29, 0.717) is 11.5 Å². The summed E-state index contributed by atoms with van der Waals surface area (Å²) in [6.45, 7) is 1.62. The van der Waals surface area contributed by atoms with Gasteiger partial charge in [-0.15, -0.1) is 0 Å². The highest BCUT2D eigenvalue weighted by Crippen LogP contribution is 2.29. The highest BCUT2D eigenvalue weighted by molar-refractivity contribution is 5.62. The van der Waals surface area contributed by atoms with Crippen molar-refractivity contribution in [1.29, 1.82) is 0 Å². The van der Waals surface area contributed by atoms with Gasteiger partial charge in [-0.2, -0.15) is 4.98 Å². The zero-order valence-corrected chi connectivity index (χ0v) is 8.25. The fourth-order valence-corrected chi connectivity index (χ4v) is 1.23. The first-order chi connectivity index (χ1) is 7.58. The Hall–Kier alpha value is -2.44. The van der Waals surface area contributed by atoms with Gasteiger partial charge in [-0.3, -0.25) is 10.1 Å². The second-order valence-corrected chi connectivity index (χ2v) is 3.10. The molecule has 0 aliphatic heterocycles. The lowest BCUT2D eigenvalue weighted by Gasteiger charge is -1.97. The highest BCUT2D eigenvalue weighted by atomic mass is 16.6. The van der Waals surface area contributed by atoms with E-state index in [1.54, 1.807) is 6.92 Å². The molecule has 7 heteroatoms. The second kappa shape index (κ2) is 3.61. The number of benzene rings is 1. The first kappa shape index (κ1) is 10.1. The van der Waals surface area contributed by atoms with Gasteiger partial charge in [0.05, 0.1) is 4.92 Å². The van der Waals surface area contributed by atoms with Gasteiger partial charge in [0.2, 0.25) is 11.7 Å². The molecule has 1 aromatic carbocycles. The van der Waals surface area contributed by atoms with Crippen LogP contribution in [0, 0.1) is 17.0 Å². The van der Waals surface area contributed by atoms with Gasteiger partial charge >= 0.3 is 5.69 Å². The van der Waals surface area contributed by atoms with Crippen LogP contribution in [0.1, 0.15) is 5.89 Å². The van der Waals surface area contributed by atoms with E-state index in [9.17, 15) is 15.2 Å². The summed E-state index contributed by atoms with van der Waals surface area (Å²) in [4.78, 5) is 13.8. The van der Waals surface area contributed by atoms with Crippen LogP contribution in [0.3, 0.4) is 0 Å². The summed E-state index contributed by atoms with van der Waals surface area (Å²) < 4.78 is 4.76. The largest absolute Gasteiger partial charge is 0.502 e. The molecule has 2 aromatic rings. The average Bonchev–Trinajstić information content (AvgIpc) is 2.65. The molecule has 0 spiro atoms. The number of phenolic OH excluding ortho intramolecular Hbond substituents is 1. The van der Waals surface area contributed by atoms with Crippen LogP contribution < -0.4 is 0 Å². The number of rotatable bonds is 2. The topological polar surface area (TPSA) is 102 Å². The fraction of sp³-hybridized carbons (Fsp3) is 0.111. The number of hydrogen-bond donors (Lipinski definition) is 1. The number of phenols is 1. The minimum Gasteiger partial charge on any atom is -0.502 e. The number of aryl methyl sites for hydroxylation is 1. The molecule has 0 fully saturated rings. The summed E-state index contributed by atoms with van der Waals surface area (Å²) in [5.41, 5.74) is 0.0290. The van der Waals surface area contributed by atoms with Crippen LogP contribution in [0.5, 0.6) is 5.75 Å². The Balaban J connectivity index is 2.51. The number of nitro groups is 1. The van der Waals surface area contributed by atoms with Crippen molar-refractivity contribution in [3.05, 3.63) is 34.2 Å². The molecule has 0 bridgehead atoms. The molecule has 0 saturated carbocycles. The summed E-state index contributed by atoms with van der Waals surface area (Å²) in [5, 5.41) is 23.5. The third-order valence-electron chi connectivity index (χ3n) is 1.96. The highest BCUT2D eigenvalue weighted by Gasteiger charge is 2.16. The molecule has 1 N–H and O–H groups in total. The van der Waals surface area contributed by atoms with Crippen LogP contribution in [0.25, 0.3) is 11.4 Å². The Kier molecular flexibility index (Phi) is 2.28. The molecular formula is C9H7N3O4. The zero-order valence-electron chi connectivity index (χ0n) is 8.25. The molecular weight excluding hydrogens is 214 g/mol. The van der Waals surface area contributed by atoms with Crippen molar-refractivity contribution in [3.63, 3.8) is 0 Å². The number of hydrogen-bond acceptors (Lipinski definition) is 6. The predicted molar refractivity (Wildman–Crippen MR) is 52.8 cm³/mol. The Labute approximate surface area is 89.5 Å². The van der Waals surface area contributed by atoms with Crippen LogP contribution in [0.15, 0.2) is 22.7 Å². The van der Waals surface area contributed by atoms with Crippen LogP contribution >= 0.6 is 0 Å². The van der Waals surface area contributed by atoms with Crippen molar-refractivity contribution in [1.82, 2.24) is 10.1 Å². The summed E-state index contributed by atoms with van der Waals surface area (Å²) >= 11 is 0. The molecule has 16 heavy (non-hydrogen) atoms. The lowest BCUT2D eigenvalue weighted by Crippen LogP contribution is -1.90. The van der Waals surface area contributed by atoms with E-state index >= 15 is 0 Å². The van der Waals surface area contributed by atoms with Crippen LogP contribution in [-0.4, -0.2) is 20.2 Å². The maximum atomic E-state index is 10.6. The van der Waals surface area contributed by atoms with Gasteiger partial charge in [0.25, 0.3) is 0 Å². The summed E-state index contributed by atoms with van der Waals surface area (Å²) in [6.07, 6.45) is 0. The molecule has 0 unspecified atom stereocenters. The quantitative estimate of drug-likeness (QED) is 0.611. The fourth-order valence-electron chi connectivity index (χ4n) is 1.23. The Bertz CT molecular complexity index is 549.